The van der Waals surface area contributed by atoms with E-state index < -0.39 is 12.1 Å². The highest BCUT2D eigenvalue weighted by Gasteiger charge is 2.20. The van der Waals surface area contributed by atoms with Gasteiger partial charge in [0.25, 0.3) is 0 Å². The predicted molar refractivity (Wildman–Crippen MR) is 142 cm³/mol. The van der Waals surface area contributed by atoms with Crippen LogP contribution in [0.3, 0.4) is 0 Å². The zero-order chi connectivity index (χ0) is 26.1. The number of esters is 1. The summed E-state index contributed by atoms with van der Waals surface area (Å²) in [5.41, 5.74) is 2.05. The van der Waals surface area contributed by atoms with Crippen LogP contribution in [0.2, 0.25) is 0 Å². The summed E-state index contributed by atoms with van der Waals surface area (Å²) in [6.07, 6.45) is 0.0382. The summed E-state index contributed by atoms with van der Waals surface area (Å²) in [5.74, 6) is 1.04. The van der Waals surface area contributed by atoms with E-state index in [1.54, 1.807) is 36.4 Å². The van der Waals surface area contributed by atoms with E-state index in [2.05, 4.69) is 35.1 Å². The van der Waals surface area contributed by atoms with Crippen molar-refractivity contribution in [2.24, 2.45) is 0 Å². The van der Waals surface area contributed by atoms with Crippen LogP contribution in [0.5, 0.6) is 17.2 Å². The molecule has 0 bridgehead atoms. The highest BCUT2D eigenvalue weighted by atomic mass is 79.9. The van der Waals surface area contributed by atoms with Crippen molar-refractivity contribution in [3.63, 3.8) is 0 Å². The molecule has 0 unspecified atom stereocenters. The molecule has 0 aliphatic heterocycles. The Balaban J connectivity index is 1.51. The molecule has 0 fully saturated rings. The molecule has 3 aromatic carbocycles. The molecular formula is C28H32BrNO6. The maximum Gasteiger partial charge on any atom is 0.338 e. The van der Waals surface area contributed by atoms with Gasteiger partial charge in [0.15, 0.2) is 0 Å². The molecule has 0 radical (unpaired) electrons. The number of hydrogen-bond donors (Lipinski definition) is 3. The van der Waals surface area contributed by atoms with E-state index in [0.717, 1.165) is 22.0 Å². The van der Waals surface area contributed by atoms with E-state index >= 15 is 0 Å². The van der Waals surface area contributed by atoms with E-state index in [9.17, 15) is 15.0 Å². The fraction of sp³-hybridized carbons (Fsp3) is 0.321. The number of halogens is 1. The van der Waals surface area contributed by atoms with E-state index in [0.29, 0.717) is 23.6 Å². The predicted octanol–water partition coefficient (Wildman–Crippen LogP) is 4.87. The topological polar surface area (TPSA) is 97.3 Å². The first-order valence-corrected chi connectivity index (χ1v) is 12.4. The number of carbonyl (C=O) groups excluding carboxylic acids is 1. The Morgan fingerprint density at radius 1 is 1.06 bits per heavy atom. The van der Waals surface area contributed by atoms with Crippen molar-refractivity contribution in [3.05, 3.63) is 87.9 Å². The Morgan fingerprint density at radius 3 is 2.47 bits per heavy atom. The van der Waals surface area contributed by atoms with Gasteiger partial charge in [0.05, 0.1) is 17.1 Å². The molecule has 192 valence electrons. The van der Waals surface area contributed by atoms with Gasteiger partial charge in [0.1, 0.15) is 36.6 Å². The first-order valence-electron chi connectivity index (χ1n) is 11.6. The van der Waals surface area contributed by atoms with Crippen molar-refractivity contribution in [2.45, 2.75) is 38.5 Å². The fourth-order valence-corrected chi connectivity index (χ4v) is 4.18. The standard InChI is InChI=1S/C28H32BrNO6/c1-28(2,30-16-22(32)18-35-23-11-9-21(31)10-12-23)15-19-8-13-26(25(29)14-19)36-17-20-6-4-5-7-24(20)27(33)34-3/h4-14,22,30-32H,15-18H2,1-3H3/t22-/m0/s1. The number of rotatable bonds is 12. The van der Waals surface area contributed by atoms with Gasteiger partial charge in [-0.2, -0.15) is 0 Å². The Morgan fingerprint density at radius 2 is 1.78 bits per heavy atom. The van der Waals surface area contributed by atoms with E-state index in [-0.39, 0.29) is 24.5 Å². The van der Waals surface area contributed by atoms with Crippen LogP contribution >= 0.6 is 15.9 Å². The van der Waals surface area contributed by atoms with Gasteiger partial charge >= 0.3 is 5.97 Å². The van der Waals surface area contributed by atoms with Gasteiger partial charge in [0, 0.05) is 17.6 Å². The second kappa shape index (κ2) is 12.8. The lowest BCUT2D eigenvalue weighted by Gasteiger charge is -2.28. The summed E-state index contributed by atoms with van der Waals surface area (Å²) in [6.45, 7) is 4.89. The fourth-order valence-electron chi connectivity index (χ4n) is 3.64. The van der Waals surface area contributed by atoms with E-state index in [1.165, 1.54) is 7.11 Å². The molecule has 0 amide bonds. The Hall–Kier alpha value is -3.07. The molecule has 36 heavy (non-hydrogen) atoms. The van der Waals surface area contributed by atoms with Crippen molar-refractivity contribution >= 4 is 21.9 Å². The zero-order valence-corrected chi connectivity index (χ0v) is 22.2. The molecule has 0 aliphatic carbocycles. The van der Waals surface area contributed by atoms with Gasteiger partial charge in [-0.25, -0.2) is 4.79 Å². The molecule has 3 N–H and O–H groups in total. The van der Waals surface area contributed by atoms with E-state index in [4.69, 9.17) is 14.2 Å². The number of benzene rings is 3. The number of aromatic hydroxyl groups is 1. The van der Waals surface area contributed by atoms with Crippen molar-refractivity contribution in [1.29, 1.82) is 0 Å². The number of phenolic OH excluding ortho intramolecular Hbond substituents is 1. The monoisotopic (exact) mass is 557 g/mol. The molecule has 8 heteroatoms. The lowest BCUT2D eigenvalue weighted by Crippen LogP contribution is -2.46. The molecular weight excluding hydrogens is 526 g/mol. The van der Waals surface area contributed by atoms with Crippen molar-refractivity contribution in [1.82, 2.24) is 5.32 Å². The maximum atomic E-state index is 12.0. The number of aliphatic hydroxyl groups excluding tert-OH is 1. The van der Waals surface area contributed by atoms with Crippen LogP contribution in [0.25, 0.3) is 0 Å². The van der Waals surface area contributed by atoms with Gasteiger partial charge in [-0.1, -0.05) is 24.3 Å². The van der Waals surface area contributed by atoms with Gasteiger partial charge < -0.3 is 29.7 Å². The smallest absolute Gasteiger partial charge is 0.338 e. The number of methoxy groups -OCH3 is 1. The van der Waals surface area contributed by atoms with Crippen LogP contribution in [-0.4, -0.2) is 48.1 Å². The Bertz CT molecular complexity index is 1150. The summed E-state index contributed by atoms with van der Waals surface area (Å²) >= 11 is 3.59. The normalized spacial score (nSPS) is 12.1. The van der Waals surface area contributed by atoms with Crippen LogP contribution in [0, 0.1) is 0 Å². The number of ether oxygens (including phenoxy) is 3. The minimum Gasteiger partial charge on any atom is -0.508 e. The molecule has 3 rings (SSSR count). The van der Waals surface area contributed by atoms with Gasteiger partial charge in [0.2, 0.25) is 0 Å². The maximum absolute atomic E-state index is 12.0. The number of phenols is 1. The average molecular weight is 558 g/mol. The highest BCUT2D eigenvalue weighted by molar-refractivity contribution is 9.10. The number of carbonyl (C=O) groups is 1. The summed E-state index contributed by atoms with van der Waals surface area (Å²) in [6, 6.07) is 19.5. The van der Waals surface area contributed by atoms with Crippen LogP contribution < -0.4 is 14.8 Å². The molecule has 0 saturated carbocycles. The molecule has 0 aromatic heterocycles. The molecule has 0 aliphatic rings. The van der Waals surface area contributed by atoms with Crippen molar-refractivity contribution in [2.75, 3.05) is 20.3 Å². The molecule has 0 saturated heterocycles. The van der Waals surface area contributed by atoms with Crippen LogP contribution in [0.15, 0.2) is 71.2 Å². The lowest BCUT2D eigenvalue weighted by molar-refractivity contribution is 0.0597. The molecule has 0 heterocycles. The molecule has 3 aromatic rings. The van der Waals surface area contributed by atoms with Gasteiger partial charge in [-0.3, -0.25) is 0 Å². The number of β-amino-alcohol motifs (C(OH)–C–C–N with tert-alkyl or cyclic N) is 1. The van der Waals surface area contributed by atoms with Gasteiger partial charge in [-0.05, 0) is 84.2 Å². The minimum absolute atomic E-state index is 0.143. The van der Waals surface area contributed by atoms with Crippen LogP contribution in [0.4, 0.5) is 0 Å². The minimum atomic E-state index is -0.687. The first kappa shape index (κ1) is 27.5. The quantitative estimate of drug-likeness (QED) is 0.273. The SMILES string of the molecule is COC(=O)c1ccccc1COc1ccc(CC(C)(C)NC[C@H](O)COc2ccc(O)cc2)cc1Br. The van der Waals surface area contributed by atoms with Gasteiger partial charge in [-0.15, -0.1) is 0 Å². The second-order valence-electron chi connectivity index (χ2n) is 9.10. The van der Waals surface area contributed by atoms with Crippen molar-refractivity contribution in [3.8, 4) is 17.2 Å². The molecule has 1 atom stereocenters. The third-order valence-electron chi connectivity index (χ3n) is 5.54. The largest absolute Gasteiger partial charge is 0.508 e. The van der Waals surface area contributed by atoms with E-state index in [1.807, 2.05) is 30.3 Å². The number of hydrogen-bond acceptors (Lipinski definition) is 7. The summed E-state index contributed by atoms with van der Waals surface area (Å²) in [4.78, 5) is 12.0. The summed E-state index contributed by atoms with van der Waals surface area (Å²) in [7, 11) is 1.36. The Kier molecular flexibility index (Phi) is 9.75. The molecule has 0 spiro atoms. The third-order valence-corrected chi connectivity index (χ3v) is 6.16. The highest BCUT2D eigenvalue weighted by Crippen LogP contribution is 2.29. The van der Waals surface area contributed by atoms with Crippen LogP contribution in [0.1, 0.15) is 35.3 Å². The first-order chi connectivity index (χ1) is 17.2. The second-order valence-corrected chi connectivity index (χ2v) is 9.96. The summed E-state index contributed by atoms with van der Waals surface area (Å²) < 4.78 is 17.2. The number of nitrogens with one attached hydrogen (secondary N) is 1. The summed E-state index contributed by atoms with van der Waals surface area (Å²) in [5, 5.41) is 23.0. The Labute approximate surface area is 220 Å². The average Bonchev–Trinajstić information content (AvgIpc) is 2.86. The van der Waals surface area contributed by atoms with Crippen molar-refractivity contribution < 1.29 is 29.2 Å². The lowest BCUT2D eigenvalue weighted by atomic mass is 9.94. The third kappa shape index (κ3) is 8.26. The molecule has 7 nitrogen and oxygen atoms in total. The van der Waals surface area contributed by atoms with Crippen LogP contribution in [-0.2, 0) is 17.8 Å². The zero-order valence-electron chi connectivity index (χ0n) is 20.7. The number of aliphatic hydroxyl groups is 1.